The predicted octanol–water partition coefficient (Wildman–Crippen LogP) is 3.47. The zero-order valence-electron chi connectivity index (χ0n) is 17.2. The number of hydrogen-bond acceptors (Lipinski definition) is 6. The van der Waals surface area contributed by atoms with Crippen LogP contribution in [0.2, 0.25) is 0 Å². The molecule has 1 aliphatic rings. The minimum Gasteiger partial charge on any atom is -0.399 e. The average Bonchev–Trinajstić information content (AvgIpc) is 3.20. The van der Waals surface area contributed by atoms with E-state index in [9.17, 15) is 4.79 Å². The van der Waals surface area contributed by atoms with Crippen molar-refractivity contribution in [3.8, 4) is 5.69 Å². The van der Waals surface area contributed by atoms with Crippen LogP contribution in [0.4, 0.5) is 11.6 Å². The van der Waals surface area contributed by atoms with Gasteiger partial charge in [-0.15, -0.1) is 24.8 Å². The predicted molar refractivity (Wildman–Crippen MR) is 126 cm³/mol. The van der Waals surface area contributed by atoms with E-state index in [0.29, 0.717) is 12.4 Å². The number of nitrogens with two attached hydrogens (primary N) is 1. The third-order valence-corrected chi connectivity index (χ3v) is 5.30. The molecule has 10 heteroatoms. The van der Waals surface area contributed by atoms with Crippen molar-refractivity contribution in [1.82, 2.24) is 25.5 Å². The topological polar surface area (TPSA) is 111 Å². The fourth-order valence-corrected chi connectivity index (χ4v) is 3.79. The normalized spacial score (nSPS) is 15.6. The summed E-state index contributed by atoms with van der Waals surface area (Å²) in [5.41, 5.74) is 9.88. The van der Waals surface area contributed by atoms with Crippen molar-refractivity contribution in [3.63, 3.8) is 0 Å². The number of para-hydroxylation sites is 1. The third-order valence-electron chi connectivity index (χ3n) is 5.30. The molecule has 1 heterocycles. The van der Waals surface area contributed by atoms with Crippen LogP contribution >= 0.6 is 24.8 Å². The number of aromatic nitrogens is 4. The summed E-state index contributed by atoms with van der Waals surface area (Å²) in [5, 5.41) is 18.2. The molecule has 0 aliphatic heterocycles. The minimum absolute atomic E-state index is 0. The van der Waals surface area contributed by atoms with Crippen molar-refractivity contribution in [2.75, 3.05) is 11.1 Å². The zero-order valence-corrected chi connectivity index (χ0v) is 18.8. The Hall–Kier alpha value is -2.84. The fraction of sp³-hybridized carbons (Fsp3) is 0.333. The van der Waals surface area contributed by atoms with E-state index in [2.05, 4.69) is 26.2 Å². The lowest BCUT2D eigenvalue weighted by Crippen LogP contribution is -2.42. The summed E-state index contributed by atoms with van der Waals surface area (Å²) in [4.78, 5) is 13.0. The van der Waals surface area contributed by atoms with Gasteiger partial charge < -0.3 is 16.4 Å². The van der Waals surface area contributed by atoms with Crippen LogP contribution in [0.25, 0.3) is 5.69 Å². The maximum Gasteiger partial charge on any atom is 0.248 e. The van der Waals surface area contributed by atoms with E-state index < -0.39 is 6.04 Å². The first-order chi connectivity index (χ1) is 14.2. The summed E-state index contributed by atoms with van der Waals surface area (Å²) in [6.45, 7) is 1.96. The smallest absolute Gasteiger partial charge is 0.248 e. The number of fused-ring (bicyclic) bond motifs is 1. The molecule has 0 fully saturated rings. The second-order valence-electron chi connectivity index (χ2n) is 7.27. The number of nitrogen functional groups attached to an aromatic ring is 1. The van der Waals surface area contributed by atoms with E-state index in [1.165, 1.54) is 5.56 Å². The lowest BCUT2D eigenvalue weighted by Gasteiger charge is -2.28. The molecule has 0 spiro atoms. The van der Waals surface area contributed by atoms with Crippen LogP contribution in [0.15, 0.2) is 48.5 Å². The first-order valence-electron chi connectivity index (χ1n) is 9.94. The molecule has 8 nitrogen and oxygen atoms in total. The number of halogens is 2. The molecular formula is C21H27Cl2N7O. The Labute approximate surface area is 193 Å². The monoisotopic (exact) mass is 463 g/mol. The van der Waals surface area contributed by atoms with Gasteiger partial charge in [-0.05, 0) is 71.5 Å². The van der Waals surface area contributed by atoms with Gasteiger partial charge in [0, 0.05) is 5.69 Å². The van der Waals surface area contributed by atoms with Crippen LogP contribution in [0.3, 0.4) is 0 Å². The Morgan fingerprint density at radius 1 is 1.23 bits per heavy atom. The summed E-state index contributed by atoms with van der Waals surface area (Å²) in [5.74, 6) is 0.375. The van der Waals surface area contributed by atoms with E-state index in [1.54, 1.807) is 4.68 Å². The van der Waals surface area contributed by atoms with Gasteiger partial charge in [0.15, 0.2) is 0 Å². The van der Waals surface area contributed by atoms with Crippen molar-refractivity contribution in [3.05, 3.63) is 59.7 Å². The molecule has 166 valence electrons. The highest BCUT2D eigenvalue weighted by Crippen LogP contribution is 2.31. The summed E-state index contributed by atoms with van der Waals surface area (Å²) in [7, 11) is 0. The van der Waals surface area contributed by atoms with Gasteiger partial charge >= 0.3 is 0 Å². The summed E-state index contributed by atoms with van der Waals surface area (Å²) >= 11 is 0. The Balaban J connectivity index is 0.00000171. The van der Waals surface area contributed by atoms with Gasteiger partial charge in [-0.3, -0.25) is 4.79 Å². The molecule has 1 amide bonds. The number of benzene rings is 2. The van der Waals surface area contributed by atoms with Gasteiger partial charge in [0.25, 0.3) is 0 Å². The Morgan fingerprint density at radius 3 is 2.74 bits per heavy atom. The summed E-state index contributed by atoms with van der Waals surface area (Å²) in [6.07, 6.45) is 3.54. The lowest BCUT2D eigenvalue weighted by molar-refractivity contribution is -0.122. The van der Waals surface area contributed by atoms with Gasteiger partial charge in [-0.1, -0.05) is 36.3 Å². The number of nitrogens with one attached hydrogen (secondary N) is 2. The largest absolute Gasteiger partial charge is 0.399 e. The highest BCUT2D eigenvalue weighted by Gasteiger charge is 2.26. The maximum absolute atomic E-state index is 13.0. The number of amides is 1. The molecule has 2 aromatic carbocycles. The highest BCUT2D eigenvalue weighted by atomic mass is 35.5. The molecule has 2 atom stereocenters. The number of hydrogen-bond donors (Lipinski definition) is 3. The van der Waals surface area contributed by atoms with E-state index in [1.807, 2.05) is 55.5 Å². The van der Waals surface area contributed by atoms with E-state index in [-0.39, 0.29) is 36.8 Å². The van der Waals surface area contributed by atoms with Crippen molar-refractivity contribution in [2.24, 2.45) is 0 Å². The number of anilines is 2. The average molecular weight is 464 g/mol. The number of rotatable bonds is 6. The van der Waals surface area contributed by atoms with Crippen LogP contribution in [-0.4, -0.2) is 32.2 Å². The molecule has 1 aliphatic carbocycles. The van der Waals surface area contributed by atoms with Crippen LogP contribution in [0, 0.1) is 0 Å². The number of nitrogens with zero attached hydrogens (tertiary/aromatic N) is 4. The second kappa shape index (κ2) is 11.0. The van der Waals surface area contributed by atoms with Crippen molar-refractivity contribution in [1.29, 1.82) is 0 Å². The molecular weight excluding hydrogens is 437 g/mol. The standard InChI is InChI=1S/C21H25N7O.2ClH/c1-2-18(24-21-25-26-27-28(21)16-8-4-3-5-9-16)20(29)23-19-10-6-7-14-13-15(22)11-12-17(14)19;;/h3-5,8-9,11-13,18-19H,2,6-7,10,22H2,1H3,(H,23,29)(H,24,25,27);2*1H. The Morgan fingerprint density at radius 2 is 2.00 bits per heavy atom. The van der Waals surface area contributed by atoms with Crippen molar-refractivity contribution in [2.45, 2.75) is 44.7 Å². The third kappa shape index (κ3) is 5.45. The fourth-order valence-electron chi connectivity index (χ4n) is 3.79. The minimum atomic E-state index is -0.442. The molecule has 2 unspecified atom stereocenters. The van der Waals surface area contributed by atoms with Gasteiger partial charge in [0.05, 0.1) is 11.7 Å². The van der Waals surface area contributed by atoms with E-state index >= 15 is 0 Å². The molecule has 0 saturated carbocycles. The molecule has 0 saturated heterocycles. The molecule has 31 heavy (non-hydrogen) atoms. The molecule has 0 radical (unpaired) electrons. The van der Waals surface area contributed by atoms with Gasteiger partial charge in [0.1, 0.15) is 6.04 Å². The van der Waals surface area contributed by atoms with Crippen LogP contribution < -0.4 is 16.4 Å². The van der Waals surface area contributed by atoms with Crippen molar-refractivity contribution < 1.29 is 4.79 Å². The quantitative estimate of drug-likeness (QED) is 0.482. The van der Waals surface area contributed by atoms with Gasteiger partial charge in [0.2, 0.25) is 11.9 Å². The van der Waals surface area contributed by atoms with Gasteiger partial charge in [-0.25, -0.2) is 0 Å². The molecule has 4 rings (SSSR count). The first-order valence-corrected chi connectivity index (χ1v) is 9.94. The molecule has 0 bridgehead atoms. The van der Waals surface area contributed by atoms with E-state index in [0.717, 1.165) is 36.2 Å². The summed E-state index contributed by atoms with van der Waals surface area (Å²) < 4.78 is 1.59. The summed E-state index contributed by atoms with van der Waals surface area (Å²) in [6, 6.07) is 15.1. The number of aryl methyl sites for hydroxylation is 1. The lowest BCUT2D eigenvalue weighted by atomic mass is 9.87. The van der Waals surface area contributed by atoms with Crippen LogP contribution in [-0.2, 0) is 11.2 Å². The first kappa shape index (κ1) is 24.4. The maximum atomic E-state index is 13.0. The Kier molecular flexibility index (Phi) is 8.65. The van der Waals surface area contributed by atoms with E-state index in [4.69, 9.17) is 5.73 Å². The SMILES string of the molecule is CCC(Nc1nnnn1-c1ccccc1)C(=O)NC1CCCc2cc(N)ccc21.Cl.Cl. The second-order valence-corrected chi connectivity index (χ2v) is 7.27. The molecule has 3 aromatic rings. The van der Waals surface area contributed by atoms with Crippen molar-refractivity contribution >= 4 is 42.4 Å². The van der Waals surface area contributed by atoms with Crippen LogP contribution in [0.5, 0.6) is 0 Å². The number of carbonyl (C=O) groups is 1. The number of tetrazole rings is 1. The molecule has 1 aromatic heterocycles. The number of carbonyl (C=O) groups excluding carboxylic acids is 1. The van der Waals surface area contributed by atoms with Gasteiger partial charge in [-0.2, -0.15) is 4.68 Å². The Bertz CT molecular complexity index is 996. The van der Waals surface area contributed by atoms with Crippen LogP contribution in [0.1, 0.15) is 43.4 Å². The molecule has 4 N–H and O–H groups in total. The zero-order chi connectivity index (χ0) is 20.2. The highest BCUT2D eigenvalue weighted by molar-refractivity contribution is 5.86.